The molecule has 16 rings (SSSR count). The molecule has 4 aromatic heterocycles. The number of hydrogen-bond donors (Lipinski definition) is 0. The third-order valence-electron chi connectivity index (χ3n) is 17.9. The molecule has 3 aliphatic rings. The molecule has 0 amide bonds. The Balaban J connectivity index is 1.08. The quantitative estimate of drug-likeness (QED) is 0.161. The first-order valence-electron chi connectivity index (χ1n) is 27.9. The van der Waals surface area contributed by atoms with Crippen LogP contribution >= 0.6 is 11.3 Å². The SMILES string of the molecule is CC(C)(C)c1ccc2c3c(sc2c1)B1c2c(cc(-c4nc(-c5ccccc5)nc(-c5ccccc5)n4)cc2-n2c4ccc5c6ccccc6n(-c6ccccc6)c5c4c4cccc1c42)N3c1ccc2c(c1)C(C)(C)CCC2(C)C. The normalized spacial score (nSPS) is 15.1. The highest BCUT2D eigenvalue weighted by molar-refractivity contribution is 7.33. The Bertz CT molecular complexity index is 4650. The molecule has 79 heavy (non-hydrogen) atoms. The number of aromatic nitrogens is 5. The molecule has 0 bridgehead atoms. The van der Waals surface area contributed by atoms with E-state index in [1.807, 2.05) is 23.5 Å². The van der Waals surface area contributed by atoms with Gasteiger partial charge in [-0.2, -0.15) is 0 Å². The largest absolute Gasteiger partial charge is 0.310 e. The van der Waals surface area contributed by atoms with Gasteiger partial charge < -0.3 is 14.0 Å². The number of rotatable bonds is 5. The summed E-state index contributed by atoms with van der Waals surface area (Å²) in [6, 6.07) is 71.9. The summed E-state index contributed by atoms with van der Waals surface area (Å²) >= 11 is 1.98. The Kier molecular flexibility index (Phi) is 9.70. The average Bonchev–Trinajstić information content (AvgIpc) is 2.36. The lowest BCUT2D eigenvalue weighted by molar-refractivity contribution is 0.332. The topological polar surface area (TPSA) is 51.8 Å². The Morgan fingerprint density at radius 2 is 1.10 bits per heavy atom. The Morgan fingerprint density at radius 1 is 0.481 bits per heavy atom. The third-order valence-corrected chi connectivity index (χ3v) is 19.1. The van der Waals surface area contributed by atoms with E-state index in [2.05, 4.69) is 244 Å². The fourth-order valence-corrected chi connectivity index (χ4v) is 15.2. The minimum Gasteiger partial charge on any atom is -0.310 e. The van der Waals surface area contributed by atoms with Crippen LogP contribution in [-0.2, 0) is 16.2 Å². The Hall–Kier alpha value is -8.59. The molecule has 0 atom stereocenters. The van der Waals surface area contributed by atoms with Crippen LogP contribution in [0, 0.1) is 0 Å². The molecule has 9 aromatic carbocycles. The zero-order chi connectivity index (χ0) is 53.3. The van der Waals surface area contributed by atoms with E-state index in [9.17, 15) is 0 Å². The van der Waals surface area contributed by atoms with Crippen LogP contribution in [0.15, 0.2) is 194 Å². The molecule has 1 aliphatic carbocycles. The first kappa shape index (κ1) is 46.5. The van der Waals surface area contributed by atoms with Gasteiger partial charge in [-0.05, 0) is 111 Å². The van der Waals surface area contributed by atoms with Crippen LogP contribution in [0.3, 0.4) is 0 Å². The highest BCUT2D eigenvalue weighted by atomic mass is 32.1. The second kappa shape index (κ2) is 16.5. The van der Waals surface area contributed by atoms with E-state index in [1.165, 1.54) is 97.5 Å². The number of anilines is 3. The van der Waals surface area contributed by atoms with Crippen LogP contribution in [0.5, 0.6) is 0 Å². The van der Waals surface area contributed by atoms with Crippen molar-refractivity contribution in [1.82, 2.24) is 24.1 Å². The van der Waals surface area contributed by atoms with Crippen molar-refractivity contribution in [2.45, 2.75) is 77.6 Å². The lowest BCUT2D eigenvalue weighted by atomic mass is 9.36. The third kappa shape index (κ3) is 6.74. The second-order valence-corrected chi connectivity index (χ2v) is 25.7. The molecule has 8 heteroatoms. The standard InChI is InChI=1S/C71H57BN6S/c1-69(2,3)45-30-32-50-59(40-45)79-65-64(50)77(47-31-34-52-53(41-47)71(6,7)37-36-70(52,4)5)57-38-44(68-74-66(42-20-11-8-12-21-42)73-67(75-68)43-22-13-9-14-23-43)39-58-61(57)72(65)54-28-19-27-51-60-56(78(58)62(51)54)35-33-49-48-26-17-18-29-55(48)76(63(49)60)46-24-15-10-16-25-46/h8-35,38-41H,36-37H2,1-7H3. The van der Waals surface area contributed by atoms with E-state index in [0.29, 0.717) is 17.5 Å². The molecule has 0 saturated heterocycles. The van der Waals surface area contributed by atoms with Crippen molar-refractivity contribution in [3.8, 4) is 45.5 Å². The summed E-state index contributed by atoms with van der Waals surface area (Å²) in [6.07, 6.45) is 2.28. The number of hydrogen-bond acceptors (Lipinski definition) is 5. The Morgan fingerprint density at radius 3 is 1.81 bits per heavy atom. The van der Waals surface area contributed by atoms with E-state index in [1.54, 1.807) is 0 Å². The minimum atomic E-state index is -0.0668. The summed E-state index contributed by atoms with van der Waals surface area (Å²) in [4.78, 5) is 18.8. The summed E-state index contributed by atoms with van der Waals surface area (Å²) < 4.78 is 7.78. The van der Waals surface area contributed by atoms with E-state index in [0.717, 1.165) is 46.6 Å². The van der Waals surface area contributed by atoms with Gasteiger partial charge in [0.25, 0.3) is 6.71 Å². The maximum absolute atomic E-state index is 5.47. The van der Waals surface area contributed by atoms with Crippen molar-refractivity contribution in [2.75, 3.05) is 4.90 Å². The van der Waals surface area contributed by atoms with Crippen LogP contribution in [0.4, 0.5) is 17.1 Å². The molecule has 13 aromatic rings. The Labute approximate surface area is 464 Å². The molecule has 0 N–H and O–H groups in total. The van der Waals surface area contributed by atoms with Crippen LogP contribution in [0.25, 0.3) is 99.2 Å². The number of nitrogens with zero attached hydrogens (tertiary/aromatic N) is 6. The van der Waals surface area contributed by atoms with Gasteiger partial charge >= 0.3 is 0 Å². The summed E-state index contributed by atoms with van der Waals surface area (Å²) in [5.74, 6) is 1.91. The zero-order valence-electron chi connectivity index (χ0n) is 45.6. The summed E-state index contributed by atoms with van der Waals surface area (Å²) in [5, 5.41) is 6.24. The summed E-state index contributed by atoms with van der Waals surface area (Å²) in [5.41, 5.74) is 20.4. The van der Waals surface area contributed by atoms with Gasteiger partial charge in [-0.1, -0.05) is 188 Å². The van der Waals surface area contributed by atoms with Crippen LogP contribution < -0.4 is 20.6 Å². The van der Waals surface area contributed by atoms with E-state index in [-0.39, 0.29) is 23.0 Å². The van der Waals surface area contributed by atoms with Crippen LogP contribution in [0.1, 0.15) is 78.0 Å². The van der Waals surface area contributed by atoms with Crippen LogP contribution in [0.2, 0.25) is 0 Å². The monoisotopic (exact) mass is 1040 g/mol. The fourth-order valence-electron chi connectivity index (χ4n) is 13.8. The van der Waals surface area contributed by atoms with Gasteiger partial charge in [0, 0.05) is 81.4 Å². The first-order valence-corrected chi connectivity index (χ1v) is 28.7. The van der Waals surface area contributed by atoms with E-state index >= 15 is 0 Å². The highest BCUT2D eigenvalue weighted by Gasteiger charge is 2.46. The smallest absolute Gasteiger partial charge is 0.264 e. The summed E-state index contributed by atoms with van der Waals surface area (Å²) in [7, 11) is 0. The molecule has 6 heterocycles. The van der Waals surface area contributed by atoms with Crippen molar-refractivity contribution >= 4 is 105 Å². The predicted octanol–water partition coefficient (Wildman–Crippen LogP) is 16.5. The van der Waals surface area contributed by atoms with Gasteiger partial charge in [0.2, 0.25) is 0 Å². The van der Waals surface area contributed by atoms with Crippen molar-refractivity contribution in [3.63, 3.8) is 0 Å². The van der Waals surface area contributed by atoms with Gasteiger partial charge in [0.05, 0.1) is 22.2 Å². The number of para-hydroxylation sites is 3. The number of thiophene rings is 1. The van der Waals surface area contributed by atoms with Crippen molar-refractivity contribution in [2.24, 2.45) is 0 Å². The van der Waals surface area contributed by atoms with Gasteiger partial charge in [0.15, 0.2) is 17.5 Å². The average molecular weight is 1040 g/mol. The maximum Gasteiger partial charge on any atom is 0.264 e. The van der Waals surface area contributed by atoms with Gasteiger partial charge in [-0.15, -0.1) is 11.3 Å². The van der Waals surface area contributed by atoms with Gasteiger partial charge in [-0.25, -0.2) is 15.0 Å². The molecule has 0 saturated carbocycles. The molecule has 2 aliphatic heterocycles. The number of fused-ring (bicyclic) bond motifs is 14. The molecular weight excluding hydrogens is 980 g/mol. The molecule has 0 fully saturated rings. The molecule has 380 valence electrons. The van der Waals surface area contributed by atoms with E-state index < -0.39 is 0 Å². The molecule has 0 unspecified atom stereocenters. The predicted molar refractivity (Wildman–Crippen MR) is 334 cm³/mol. The maximum atomic E-state index is 5.47. The minimum absolute atomic E-state index is 0.00365. The molecule has 0 spiro atoms. The summed E-state index contributed by atoms with van der Waals surface area (Å²) in [6.45, 7) is 16.7. The highest BCUT2D eigenvalue weighted by Crippen LogP contribution is 2.52. The van der Waals surface area contributed by atoms with Crippen molar-refractivity contribution in [1.29, 1.82) is 0 Å². The zero-order valence-corrected chi connectivity index (χ0v) is 46.4. The molecule has 0 radical (unpaired) electrons. The van der Waals surface area contributed by atoms with Gasteiger partial charge in [-0.3, -0.25) is 0 Å². The molecule has 6 nitrogen and oxygen atoms in total. The van der Waals surface area contributed by atoms with Crippen molar-refractivity contribution in [3.05, 3.63) is 211 Å². The lowest BCUT2D eigenvalue weighted by Crippen LogP contribution is -2.59. The van der Waals surface area contributed by atoms with Gasteiger partial charge in [0.1, 0.15) is 0 Å². The van der Waals surface area contributed by atoms with Crippen LogP contribution in [-0.4, -0.2) is 30.8 Å². The lowest BCUT2D eigenvalue weighted by Gasteiger charge is -2.43. The fraction of sp³-hybridized carbons (Fsp3) is 0.169. The van der Waals surface area contributed by atoms with Crippen molar-refractivity contribution < 1.29 is 0 Å². The number of benzene rings is 9. The molecular formula is C71H57BN6S. The first-order chi connectivity index (χ1) is 38.3. The second-order valence-electron chi connectivity index (χ2n) is 24.6. The van der Waals surface area contributed by atoms with E-state index in [4.69, 9.17) is 15.0 Å².